The van der Waals surface area contributed by atoms with Gasteiger partial charge in [0.05, 0.1) is 11.7 Å². The number of aryl methyl sites for hydroxylation is 1. The Kier molecular flexibility index (Phi) is 14.5. The van der Waals surface area contributed by atoms with E-state index in [0.717, 1.165) is 49.8 Å². The monoisotopic (exact) mass is 545 g/mol. The highest BCUT2D eigenvalue weighted by molar-refractivity contribution is 7.97. The van der Waals surface area contributed by atoms with Gasteiger partial charge in [0.25, 0.3) is 0 Å². The van der Waals surface area contributed by atoms with Crippen LogP contribution < -0.4 is 5.32 Å². The highest BCUT2D eigenvalue weighted by Gasteiger charge is 2.31. The maximum absolute atomic E-state index is 13.4. The summed E-state index contributed by atoms with van der Waals surface area (Å²) in [5.74, 6) is -0.976. The van der Waals surface area contributed by atoms with Crippen LogP contribution in [0.15, 0.2) is 39.7 Å². The first-order valence-electron chi connectivity index (χ1n) is 12.6. The van der Waals surface area contributed by atoms with Crippen molar-refractivity contribution in [3.63, 3.8) is 0 Å². The molecule has 0 heterocycles. The number of carboxylic acid groups (broad SMARTS) is 1. The third-order valence-electron chi connectivity index (χ3n) is 5.72. The van der Waals surface area contributed by atoms with Gasteiger partial charge in [0, 0.05) is 43.2 Å². The van der Waals surface area contributed by atoms with Gasteiger partial charge in [0.2, 0.25) is 0 Å². The largest absolute Gasteiger partial charge is 0.481 e. The second-order valence-electron chi connectivity index (χ2n) is 9.86. The van der Waals surface area contributed by atoms with Crippen LogP contribution in [0.2, 0.25) is 0 Å². The summed E-state index contributed by atoms with van der Waals surface area (Å²) in [5, 5.41) is 22.7. The molecule has 1 unspecified atom stereocenters. The topological polar surface area (TPSA) is 85.2 Å². The van der Waals surface area contributed by atoms with E-state index < -0.39 is 23.8 Å². The smallest absolute Gasteiger partial charge is 0.416 e. The molecule has 0 saturated carbocycles. The highest BCUT2D eigenvalue weighted by atomic mass is 32.2. The summed E-state index contributed by atoms with van der Waals surface area (Å²) in [6, 6.07) is 3.80. The molecule has 0 aliphatic carbocycles. The third-order valence-corrected chi connectivity index (χ3v) is 6.63. The first-order chi connectivity index (χ1) is 17.3. The molecule has 10 heteroatoms. The summed E-state index contributed by atoms with van der Waals surface area (Å²) >= 11 is 1.13. The number of β-amino-alcohol motifs (C(OH)–C–C–N with tert-alkyl or cyclic N) is 1. The lowest BCUT2D eigenvalue weighted by Gasteiger charge is -2.29. The van der Waals surface area contributed by atoms with Gasteiger partial charge in [-0.2, -0.15) is 13.2 Å². The van der Waals surface area contributed by atoms with Crippen molar-refractivity contribution in [2.75, 3.05) is 27.2 Å². The molecule has 0 spiro atoms. The van der Waals surface area contributed by atoms with Crippen molar-refractivity contribution in [1.29, 1.82) is 0 Å². The number of carbonyl (C=O) groups is 1. The van der Waals surface area contributed by atoms with E-state index in [1.165, 1.54) is 5.57 Å². The molecular formula is C27H42F3N3O3S. The van der Waals surface area contributed by atoms with Crippen LogP contribution in [-0.4, -0.2) is 65.5 Å². The summed E-state index contributed by atoms with van der Waals surface area (Å²) in [5.41, 5.74) is 0.721. The molecule has 3 N–H and O–H groups in total. The van der Waals surface area contributed by atoms with E-state index in [4.69, 9.17) is 5.11 Å². The Hall–Kier alpha value is -1.88. The number of aliphatic hydroxyl groups excluding tert-OH is 1. The van der Waals surface area contributed by atoms with Gasteiger partial charge < -0.3 is 15.5 Å². The SMILES string of the molecule is CC/C=C(\C=NC)CCCC(C)(C)NCC(O)CN(C)Sc1cc(CCCC(=O)O)cc(C(F)(F)F)c1. The summed E-state index contributed by atoms with van der Waals surface area (Å²) < 4.78 is 41.9. The van der Waals surface area contributed by atoms with Crippen molar-refractivity contribution < 1.29 is 28.2 Å². The zero-order chi connectivity index (χ0) is 28.1. The fourth-order valence-corrected chi connectivity index (χ4v) is 4.90. The van der Waals surface area contributed by atoms with Gasteiger partial charge in [-0.05, 0) is 101 Å². The molecule has 0 aromatic heterocycles. The van der Waals surface area contributed by atoms with Crippen LogP contribution in [0, 0.1) is 0 Å². The van der Waals surface area contributed by atoms with E-state index in [2.05, 4.69) is 37.2 Å². The number of carboxylic acids is 1. The molecule has 0 saturated heterocycles. The van der Waals surface area contributed by atoms with E-state index in [1.54, 1.807) is 24.5 Å². The standard InChI is InChI=1S/C27H42F3N3O3S/c1-6-9-20(17-31-4)11-8-13-26(2,3)32-18-23(34)19-33(5)37-24-15-21(10-7-12-25(35)36)14-22(16-24)27(28,29)30/h9,14-17,23,32,34H,6-8,10-13,18-19H2,1-5H3,(H,35,36)/b20-9-,31-17?. The fourth-order valence-electron chi connectivity index (χ4n) is 3.91. The number of rotatable bonds is 17. The minimum absolute atomic E-state index is 0.0994. The van der Waals surface area contributed by atoms with Gasteiger partial charge in [-0.15, -0.1) is 0 Å². The quantitative estimate of drug-likeness (QED) is 0.165. The lowest BCUT2D eigenvalue weighted by atomic mass is 9.95. The number of nitrogens with one attached hydrogen (secondary N) is 1. The van der Waals surface area contributed by atoms with Gasteiger partial charge >= 0.3 is 12.1 Å². The molecule has 0 aliphatic heterocycles. The van der Waals surface area contributed by atoms with Crippen LogP contribution in [0.5, 0.6) is 0 Å². The first kappa shape index (κ1) is 33.1. The minimum atomic E-state index is -4.50. The predicted octanol–water partition coefficient (Wildman–Crippen LogP) is 5.99. The maximum atomic E-state index is 13.4. The number of likely N-dealkylation sites (N-methyl/N-ethyl adjacent to an activating group) is 1. The summed E-state index contributed by atoms with van der Waals surface area (Å²) in [4.78, 5) is 15.2. The van der Waals surface area contributed by atoms with Crippen LogP contribution >= 0.6 is 11.9 Å². The summed E-state index contributed by atoms with van der Waals surface area (Å²) in [7, 11) is 3.49. The number of aliphatic imine (C=N–C) groups is 1. The van der Waals surface area contributed by atoms with E-state index in [-0.39, 0.29) is 31.3 Å². The number of benzene rings is 1. The molecule has 0 bridgehead atoms. The number of aliphatic hydroxyl groups is 1. The molecule has 1 aromatic carbocycles. The Morgan fingerprint density at radius 1 is 1.22 bits per heavy atom. The number of allylic oxidation sites excluding steroid dienone is 2. The minimum Gasteiger partial charge on any atom is -0.481 e. The van der Waals surface area contributed by atoms with Crippen molar-refractivity contribution in [3.8, 4) is 0 Å². The summed E-state index contributed by atoms with van der Waals surface area (Å²) in [6.45, 7) is 6.89. The predicted molar refractivity (Wildman–Crippen MR) is 145 cm³/mol. The van der Waals surface area contributed by atoms with Crippen molar-refractivity contribution in [2.24, 2.45) is 4.99 Å². The molecule has 37 heavy (non-hydrogen) atoms. The van der Waals surface area contributed by atoms with Gasteiger partial charge in [-0.3, -0.25) is 9.79 Å². The van der Waals surface area contributed by atoms with Crippen LogP contribution in [0.4, 0.5) is 13.2 Å². The lowest BCUT2D eigenvalue weighted by Crippen LogP contribution is -2.45. The van der Waals surface area contributed by atoms with Crippen LogP contribution in [0.25, 0.3) is 0 Å². The van der Waals surface area contributed by atoms with E-state index in [1.807, 2.05) is 6.21 Å². The molecule has 0 radical (unpaired) electrons. The molecule has 0 amide bonds. The highest BCUT2D eigenvalue weighted by Crippen LogP contribution is 2.34. The Bertz CT molecular complexity index is 905. The van der Waals surface area contributed by atoms with Crippen LogP contribution in [0.3, 0.4) is 0 Å². The molecule has 1 aromatic rings. The van der Waals surface area contributed by atoms with Gasteiger partial charge in [-0.25, -0.2) is 4.31 Å². The Morgan fingerprint density at radius 2 is 1.92 bits per heavy atom. The van der Waals surface area contributed by atoms with Crippen molar-refractivity contribution in [3.05, 3.63) is 41.0 Å². The number of hydrogen-bond acceptors (Lipinski definition) is 6. The molecule has 0 aliphatic rings. The molecular weight excluding hydrogens is 503 g/mol. The second kappa shape index (κ2) is 16.2. The maximum Gasteiger partial charge on any atom is 0.416 e. The molecule has 0 fully saturated rings. The average molecular weight is 546 g/mol. The number of hydrogen-bond donors (Lipinski definition) is 3. The number of alkyl halides is 3. The third kappa shape index (κ3) is 14.6. The van der Waals surface area contributed by atoms with Crippen LogP contribution in [0.1, 0.15) is 70.4 Å². The Balaban J connectivity index is 2.64. The van der Waals surface area contributed by atoms with Crippen molar-refractivity contribution in [2.45, 2.75) is 88.4 Å². The summed E-state index contributed by atoms with van der Waals surface area (Å²) in [6.07, 6.45) is 3.07. The van der Waals surface area contributed by atoms with Crippen molar-refractivity contribution in [1.82, 2.24) is 9.62 Å². The van der Waals surface area contributed by atoms with E-state index in [0.29, 0.717) is 17.0 Å². The molecule has 1 atom stereocenters. The zero-order valence-corrected chi connectivity index (χ0v) is 23.4. The van der Waals surface area contributed by atoms with Crippen LogP contribution in [-0.2, 0) is 17.4 Å². The van der Waals surface area contributed by atoms with E-state index in [9.17, 15) is 23.1 Å². The molecule has 210 valence electrons. The Labute approximate surface area is 223 Å². The lowest BCUT2D eigenvalue weighted by molar-refractivity contribution is -0.138. The average Bonchev–Trinajstić information content (AvgIpc) is 2.77. The molecule has 1 rings (SSSR count). The molecule has 6 nitrogen and oxygen atoms in total. The number of aliphatic carboxylic acids is 1. The normalized spacial score (nSPS) is 14.1. The van der Waals surface area contributed by atoms with Gasteiger partial charge in [0.1, 0.15) is 0 Å². The number of halogens is 3. The van der Waals surface area contributed by atoms with Crippen molar-refractivity contribution >= 4 is 24.1 Å². The Morgan fingerprint density at radius 3 is 2.51 bits per heavy atom. The second-order valence-corrected chi connectivity index (χ2v) is 11.1. The van der Waals surface area contributed by atoms with Gasteiger partial charge in [0.15, 0.2) is 0 Å². The number of nitrogens with zero attached hydrogens (tertiary/aromatic N) is 2. The van der Waals surface area contributed by atoms with E-state index >= 15 is 0 Å². The zero-order valence-electron chi connectivity index (χ0n) is 22.6. The van der Waals surface area contributed by atoms with Gasteiger partial charge in [-0.1, -0.05) is 13.0 Å². The fraction of sp³-hybridized carbons (Fsp3) is 0.630. The first-order valence-corrected chi connectivity index (χ1v) is 13.4.